The fourth-order valence-corrected chi connectivity index (χ4v) is 1.11. The van der Waals surface area contributed by atoms with Crippen molar-refractivity contribution < 1.29 is 9.18 Å². The smallest absolute Gasteiger partial charge is 0.253 e. The summed E-state index contributed by atoms with van der Waals surface area (Å²) in [5, 5.41) is 11.3. The third-order valence-corrected chi connectivity index (χ3v) is 2.06. The van der Waals surface area contributed by atoms with Gasteiger partial charge in [-0.15, -0.1) is 0 Å². The molecule has 0 aliphatic rings. The van der Waals surface area contributed by atoms with Crippen LogP contribution in [-0.4, -0.2) is 16.9 Å². The number of nitriles is 1. The molecule has 1 heterocycles. The van der Waals surface area contributed by atoms with Crippen LogP contribution in [0.2, 0.25) is 0 Å². The Balaban J connectivity index is 2.77. The summed E-state index contributed by atoms with van der Waals surface area (Å²) in [6.45, 7) is 3.63. The second-order valence-electron chi connectivity index (χ2n) is 3.72. The van der Waals surface area contributed by atoms with E-state index in [2.05, 4.69) is 10.3 Å². The van der Waals surface area contributed by atoms with Crippen LogP contribution >= 0.6 is 0 Å². The molecule has 0 aliphatic carbocycles. The minimum Gasteiger partial charge on any atom is -0.336 e. The van der Waals surface area contributed by atoms with E-state index in [0.717, 1.165) is 12.3 Å². The molecule has 1 aromatic heterocycles. The van der Waals surface area contributed by atoms with Crippen molar-refractivity contribution in [2.45, 2.75) is 19.9 Å². The van der Waals surface area contributed by atoms with E-state index in [1.807, 2.05) is 19.9 Å². The van der Waals surface area contributed by atoms with Crippen LogP contribution in [0.3, 0.4) is 0 Å². The molecule has 0 aromatic carbocycles. The van der Waals surface area contributed by atoms with Gasteiger partial charge in [0.2, 0.25) is 0 Å². The molecule has 0 aliphatic heterocycles. The number of rotatable bonds is 3. The first-order valence-corrected chi connectivity index (χ1v) is 4.85. The van der Waals surface area contributed by atoms with E-state index in [1.54, 1.807) is 0 Å². The zero-order valence-corrected chi connectivity index (χ0v) is 9.07. The van der Waals surface area contributed by atoms with Gasteiger partial charge in [-0.05, 0) is 12.0 Å². The SMILES string of the molecule is CC(C)C(C#N)NC(=O)c1cncc(F)c1. The summed E-state index contributed by atoms with van der Waals surface area (Å²) in [7, 11) is 0. The van der Waals surface area contributed by atoms with Crippen molar-refractivity contribution >= 4 is 5.91 Å². The molecule has 84 valence electrons. The summed E-state index contributed by atoms with van der Waals surface area (Å²) in [4.78, 5) is 15.2. The number of hydrogen-bond acceptors (Lipinski definition) is 3. The van der Waals surface area contributed by atoms with Crippen molar-refractivity contribution in [3.63, 3.8) is 0 Å². The molecule has 1 aromatic rings. The van der Waals surface area contributed by atoms with E-state index in [1.165, 1.54) is 6.20 Å². The fourth-order valence-electron chi connectivity index (χ4n) is 1.11. The van der Waals surface area contributed by atoms with E-state index in [4.69, 9.17) is 5.26 Å². The van der Waals surface area contributed by atoms with Crippen LogP contribution in [0.15, 0.2) is 18.5 Å². The Morgan fingerprint density at radius 3 is 2.75 bits per heavy atom. The molecular weight excluding hydrogens is 209 g/mol. The first-order valence-electron chi connectivity index (χ1n) is 4.85. The first kappa shape index (κ1) is 12.1. The maximum atomic E-state index is 12.8. The highest BCUT2D eigenvalue weighted by molar-refractivity contribution is 5.94. The molecule has 1 rings (SSSR count). The average Bonchev–Trinajstić information content (AvgIpc) is 2.25. The normalized spacial score (nSPS) is 11.9. The molecule has 16 heavy (non-hydrogen) atoms. The van der Waals surface area contributed by atoms with E-state index in [-0.39, 0.29) is 11.5 Å². The minimum absolute atomic E-state index is 0.00420. The quantitative estimate of drug-likeness (QED) is 0.841. The number of carbonyl (C=O) groups excluding carboxylic acids is 1. The number of aromatic nitrogens is 1. The number of nitrogens with one attached hydrogen (secondary N) is 1. The molecule has 1 atom stereocenters. The topological polar surface area (TPSA) is 65.8 Å². The molecule has 0 radical (unpaired) electrons. The second-order valence-corrected chi connectivity index (χ2v) is 3.72. The Hall–Kier alpha value is -1.96. The summed E-state index contributed by atoms with van der Waals surface area (Å²) in [5.74, 6) is -1.08. The Labute approximate surface area is 93.1 Å². The van der Waals surface area contributed by atoms with Crippen LogP contribution in [0.25, 0.3) is 0 Å². The Morgan fingerprint density at radius 1 is 1.56 bits per heavy atom. The van der Waals surface area contributed by atoms with Gasteiger partial charge in [-0.25, -0.2) is 4.39 Å². The molecule has 0 fully saturated rings. The molecule has 1 amide bonds. The highest BCUT2D eigenvalue weighted by atomic mass is 19.1. The standard InChI is InChI=1S/C11H12FN3O/c1-7(2)10(4-13)15-11(16)8-3-9(12)6-14-5-8/h3,5-7,10H,1-2H3,(H,15,16). The number of nitrogens with zero attached hydrogens (tertiary/aromatic N) is 2. The van der Waals surface area contributed by atoms with Gasteiger partial charge in [-0.2, -0.15) is 5.26 Å². The number of halogens is 1. The second kappa shape index (κ2) is 5.21. The molecule has 1 unspecified atom stereocenters. The Morgan fingerprint density at radius 2 is 2.25 bits per heavy atom. The third kappa shape index (κ3) is 3.02. The summed E-state index contributed by atoms with van der Waals surface area (Å²) >= 11 is 0. The number of carbonyl (C=O) groups is 1. The molecule has 0 bridgehead atoms. The maximum Gasteiger partial charge on any atom is 0.253 e. The van der Waals surface area contributed by atoms with Gasteiger partial charge in [-0.1, -0.05) is 13.8 Å². The lowest BCUT2D eigenvalue weighted by Crippen LogP contribution is -2.37. The molecule has 0 spiro atoms. The van der Waals surface area contributed by atoms with Gasteiger partial charge >= 0.3 is 0 Å². The number of pyridine rings is 1. The Kier molecular flexibility index (Phi) is 3.95. The molecule has 4 nitrogen and oxygen atoms in total. The van der Waals surface area contributed by atoms with Crippen LogP contribution in [0.5, 0.6) is 0 Å². The highest BCUT2D eigenvalue weighted by Crippen LogP contribution is 2.04. The molecular formula is C11H12FN3O. The fraction of sp³-hybridized carbons (Fsp3) is 0.364. The zero-order valence-electron chi connectivity index (χ0n) is 9.07. The molecule has 1 N–H and O–H groups in total. The van der Waals surface area contributed by atoms with E-state index < -0.39 is 17.8 Å². The summed E-state index contributed by atoms with van der Waals surface area (Å²) in [5.41, 5.74) is 0.112. The highest BCUT2D eigenvalue weighted by Gasteiger charge is 2.16. The van der Waals surface area contributed by atoms with Crippen LogP contribution in [0.1, 0.15) is 24.2 Å². The summed E-state index contributed by atoms with van der Waals surface area (Å²) in [6, 6.07) is 2.46. The number of hydrogen-bond donors (Lipinski definition) is 1. The lowest BCUT2D eigenvalue weighted by Gasteiger charge is -2.14. The largest absolute Gasteiger partial charge is 0.336 e. The molecule has 5 heteroatoms. The van der Waals surface area contributed by atoms with Gasteiger partial charge in [0.1, 0.15) is 11.9 Å². The van der Waals surface area contributed by atoms with Gasteiger partial charge in [0.05, 0.1) is 17.8 Å². The molecule has 0 saturated heterocycles. The van der Waals surface area contributed by atoms with Crippen molar-refractivity contribution in [3.05, 3.63) is 29.8 Å². The minimum atomic E-state index is -0.587. The van der Waals surface area contributed by atoms with Crippen molar-refractivity contribution in [1.82, 2.24) is 10.3 Å². The third-order valence-electron chi connectivity index (χ3n) is 2.06. The van der Waals surface area contributed by atoms with Crippen molar-refractivity contribution in [2.24, 2.45) is 5.92 Å². The summed E-state index contributed by atoms with van der Waals surface area (Å²) in [6.07, 6.45) is 2.27. The molecule has 0 saturated carbocycles. The average molecular weight is 221 g/mol. The zero-order chi connectivity index (χ0) is 12.1. The lowest BCUT2D eigenvalue weighted by atomic mass is 10.1. The van der Waals surface area contributed by atoms with Crippen LogP contribution in [0, 0.1) is 23.1 Å². The van der Waals surface area contributed by atoms with Gasteiger partial charge < -0.3 is 5.32 Å². The van der Waals surface area contributed by atoms with Gasteiger partial charge in [0.15, 0.2) is 0 Å². The monoisotopic (exact) mass is 221 g/mol. The van der Waals surface area contributed by atoms with Gasteiger partial charge in [-0.3, -0.25) is 9.78 Å². The Bertz CT molecular complexity index is 425. The first-order chi connectivity index (χ1) is 7.54. The lowest BCUT2D eigenvalue weighted by molar-refractivity contribution is 0.0936. The van der Waals surface area contributed by atoms with Crippen molar-refractivity contribution in [3.8, 4) is 6.07 Å². The van der Waals surface area contributed by atoms with E-state index >= 15 is 0 Å². The predicted octanol–water partition coefficient (Wildman–Crippen LogP) is 1.50. The van der Waals surface area contributed by atoms with Crippen molar-refractivity contribution in [1.29, 1.82) is 5.26 Å². The summed E-state index contributed by atoms with van der Waals surface area (Å²) < 4.78 is 12.8. The van der Waals surface area contributed by atoms with Crippen LogP contribution in [0.4, 0.5) is 4.39 Å². The number of amides is 1. The van der Waals surface area contributed by atoms with Crippen molar-refractivity contribution in [2.75, 3.05) is 0 Å². The van der Waals surface area contributed by atoms with E-state index in [9.17, 15) is 9.18 Å². The van der Waals surface area contributed by atoms with E-state index in [0.29, 0.717) is 0 Å². The predicted molar refractivity (Wildman–Crippen MR) is 55.9 cm³/mol. The maximum absolute atomic E-state index is 12.8. The van der Waals surface area contributed by atoms with Gasteiger partial charge in [0.25, 0.3) is 5.91 Å². The van der Waals surface area contributed by atoms with Gasteiger partial charge in [0, 0.05) is 6.20 Å². The van der Waals surface area contributed by atoms with Crippen LogP contribution < -0.4 is 5.32 Å². The van der Waals surface area contributed by atoms with Crippen LogP contribution in [-0.2, 0) is 0 Å².